The molecule has 0 amide bonds. The minimum atomic E-state index is 0. The highest BCUT2D eigenvalue weighted by Gasteiger charge is 1.76. The van der Waals surface area contributed by atoms with Crippen LogP contribution in [0.3, 0.4) is 0 Å². The third-order valence-corrected chi connectivity index (χ3v) is 0.748. The van der Waals surface area contributed by atoms with Crippen molar-refractivity contribution in [2.75, 3.05) is 19.6 Å². The van der Waals surface area contributed by atoms with Crippen molar-refractivity contribution in [2.45, 2.75) is 13.3 Å². The van der Waals surface area contributed by atoms with Crippen molar-refractivity contribution in [3.8, 4) is 0 Å². The van der Waals surface area contributed by atoms with E-state index < -0.39 is 0 Å². The molecule has 3 heteroatoms. The monoisotopic (exact) mass is 119 g/mol. The van der Waals surface area contributed by atoms with Crippen LogP contribution in [0.2, 0.25) is 0 Å². The van der Waals surface area contributed by atoms with Crippen molar-refractivity contribution >= 4 is 0 Å². The molecule has 0 aliphatic rings. The Hall–Kier alpha value is -0.120. The van der Waals surface area contributed by atoms with E-state index in [9.17, 15) is 0 Å². The average molecular weight is 119 g/mol. The van der Waals surface area contributed by atoms with E-state index in [0.29, 0.717) is 0 Å². The number of hydrogen-bond acceptors (Lipinski definition) is 3. The lowest BCUT2D eigenvalue weighted by Gasteiger charge is -1.95. The molecule has 0 spiro atoms. The van der Waals surface area contributed by atoms with Crippen LogP contribution in [0.1, 0.15) is 13.3 Å². The third kappa shape index (κ3) is 9.30. The number of nitrogens with two attached hydrogens (primary N) is 1. The first-order valence-electron chi connectivity index (χ1n) is 2.82. The summed E-state index contributed by atoms with van der Waals surface area (Å²) in [6.07, 6.45) is 1.19. The summed E-state index contributed by atoms with van der Waals surface area (Å²) in [5, 5.41) is 3.16. The van der Waals surface area contributed by atoms with E-state index in [1.54, 1.807) is 0 Å². The lowest BCUT2D eigenvalue weighted by molar-refractivity contribution is 0.678. The Labute approximate surface area is 51.2 Å². The fourth-order valence-corrected chi connectivity index (χ4v) is 0.404. The predicted molar refractivity (Wildman–Crippen MR) is 37.2 cm³/mol. The third-order valence-electron chi connectivity index (χ3n) is 0.748. The van der Waals surface area contributed by atoms with E-state index in [4.69, 9.17) is 5.73 Å². The summed E-state index contributed by atoms with van der Waals surface area (Å²) in [6, 6.07) is 0. The van der Waals surface area contributed by atoms with Gasteiger partial charge >= 0.3 is 0 Å². The molecule has 0 aliphatic carbocycles. The molecule has 0 saturated heterocycles. The van der Waals surface area contributed by atoms with Crippen LogP contribution in [0.25, 0.3) is 0 Å². The molecular formula is C5H17N3. The van der Waals surface area contributed by atoms with Crippen LogP contribution in [0.15, 0.2) is 0 Å². The summed E-state index contributed by atoms with van der Waals surface area (Å²) in [5.41, 5.74) is 5.21. The number of rotatable bonds is 4. The van der Waals surface area contributed by atoms with E-state index >= 15 is 0 Å². The minimum absolute atomic E-state index is 0. The van der Waals surface area contributed by atoms with Gasteiger partial charge in [0.25, 0.3) is 0 Å². The highest BCUT2D eigenvalue weighted by Crippen LogP contribution is 1.65. The fraction of sp³-hybridized carbons (Fsp3) is 1.00. The predicted octanol–water partition coefficient (Wildman–Crippen LogP) is 0.107. The second kappa shape index (κ2) is 9.99. The maximum absolute atomic E-state index is 5.21. The van der Waals surface area contributed by atoms with Crippen molar-refractivity contribution in [1.82, 2.24) is 11.5 Å². The zero-order valence-corrected chi connectivity index (χ0v) is 5.61. The molecule has 0 heterocycles. The standard InChI is InChI=1S/C5H14N2.H3N/c1-2-4-7-5-3-6;/h7H,2-6H2,1H3;1H3. The Morgan fingerprint density at radius 1 is 1.38 bits per heavy atom. The highest BCUT2D eigenvalue weighted by molar-refractivity contribution is 4.42. The van der Waals surface area contributed by atoms with Gasteiger partial charge in [0.2, 0.25) is 0 Å². The molecule has 0 atom stereocenters. The first kappa shape index (κ1) is 10.8. The Kier molecular flexibility index (Phi) is 13.5. The Bertz CT molecular complexity index is 26.9. The molecule has 0 radical (unpaired) electrons. The normalized spacial score (nSPS) is 8.25. The molecular weight excluding hydrogens is 102 g/mol. The van der Waals surface area contributed by atoms with Gasteiger partial charge in [-0.3, -0.25) is 0 Å². The van der Waals surface area contributed by atoms with Crippen LogP contribution in [-0.2, 0) is 0 Å². The molecule has 0 rings (SSSR count). The van der Waals surface area contributed by atoms with Gasteiger partial charge in [0.1, 0.15) is 0 Å². The SMILES string of the molecule is CCCNCCN.N. The van der Waals surface area contributed by atoms with Crippen LogP contribution in [0.5, 0.6) is 0 Å². The molecule has 0 fully saturated rings. The molecule has 0 aromatic carbocycles. The van der Waals surface area contributed by atoms with Crippen LogP contribution >= 0.6 is 0 Å². The second-order valence-corrected chi connectivity index (χ2v) is 1.54. The van der Waals surface area contributed by atoms with E-state index in [0.717, 1.165) is 19.6 Å². The van der Waals surface area contributed by atoms with Crippen LogP contribution < -0.4 is 17.2 Å². The first-order valence-corrected chi connectivity index (χ1v) is 2.82. The molecule has 0 aromatic heterocycles. The van der Waals surface area contributed by atoms with Crippen molar-refractivity contribution < 1.29 is 0 Å². The molecule has 0 aliphatic heterocycles. The summed E-state index contributed by atoms with van der Waals surface area (Å²) in [7, 11) is 0. The van der Waals surface area contributed by atoms with Crippen LogP contribution in [-0.4, -0.2) is 19.6 Å². The van der Waals surface area contributed by atoms with Crippen molar-refractivity contribution in [2.24, 2.45) is 5.73 Å². The summed E-state index contributed by atoms with van der Waals surface area (Å²) in [6.45, 7) is 4.94. The van der Waals surface area contributed by atoms with E-state index in [2.05, 4.69) is 12.2 Å². The quantitative estimate of drug-likeness (QED) is 0.460. The highest BCUT2D eigenvalue weighted by atomic mass is 14.9. The zero-order valence-electron chi connectivity index (χ0n) is 5.61. The number of hydrogen-bond donors (Lipinski definition) is 3. The molecule has 0 bridgehead atoms. The van der Waals surface area contributed by atoms with E-state index in [-0.39, 0.29) is 6.15 Å². The first-order chi connectivity index (χ1) is 3.41. The van der Waals surface area contributed by atoms with Gasteiger partial charge in [-0.15, -0.1) is 0 Å². The molecule has 3 nitrogen and oxygen atoms in total. The smallest absolute Gasteiger partial charge is 0.00744 e. The lowest BCUT2D eigenvalue weighted by Crippen LogP contribution is -2.22. The minimum Gasteiger partial charge on any atom is -0.344 e. The van der Waals surface area contributed by atoms with Gasteiger partial charge in [-0.05, 0) is 13.0 Å². The van der Waals surface area contributed by atoms with Crippen molar-refractivity contribution in [1.29, 1.82) is 0 Å². The largest absolute Gasteiger partial charge is 0.344 e. The summed E-state index contributed by atoms with van der Waals surface area (Å²) in [4.78, 5) is 0. The Morgan fingerprint density at radius 2 is 2.00 bits per heavy atom. The fourth-order valence-electron chi connectivity index (χ4n) is 0.404. The Balaban J connectivity index is 0. The van der Waals surface area contributed by atoms with Gasteiger partial charge in [-0.25, -0.2) is 0 Å². The van der Waals surface area contributed by atoms with Gasteiger partial charge < -0.3 is 17.2 Å². The zero-order chi connectivity index (χ0) is 5.54. The van der Waals surface area contributed by atoms with E-state index in [1.165, 1.54) is 6.42 Å². The molecule has 6 N–H and O–H groups in total. The maximum atomic E-state index is 5.21. The molecule has 0 aromatic rings. The molecule has 52 valence electrons. The summed E-state index contributed by atoms with van der Waals surface area (Å²) >= 11 is 0. The van der Waals surface area contributed by atoms with Gasteiger partial charge in [0.05, 0.1) is 0 Å². The maximum Gasteiger partial charge on any atom is 0.00744 e. The van der Waals surface area contributed by atoms with Gasteiger partial charge in [-0.1, -0.05) is 6.92 Å². The average Bonchev–Trinajstić information content (AvgIpc) is 1.69. The lowest BCUT2D eigenvalue weighted by atomic mass is 10.5. The van der Waals surface area contributed by atoms with E-state index in [1.807, 2.05) is 0 Å². The topological polar surface area (TPSA) is 73.0 Å². The second-order valence-electron chi connectivity index (χ2n) is 1.54. The van der Waals surface area contributed by atoms with Gasteiger partial charge in [-0.2, -0.15) is 0 Å². The summed E-state index contributed by atoms with van der Waals surface area (Å²) < 4.78 is 0. The van der Waals surface area contributed by atoms with Crippen LogP contribution in [0.4, 0.5) is 0 Å². The molecule has 8 heavy (non-hydrogen) atoms. The van der Waals surface area contributed by atoms with Crippen molar-refractivity contribution in [3.63, 3.8) is 0 Å². The summed E-state index contributed by atoms with van der Waals surface area (Å²) in [5.74, 6) is 0. The molecule has 0 unspecified atom stereocenters. The van der Waals surface area contributed by atoms with Crippen molar-refractivity contribution in [3.05, 3.63) is 0 Å². The Morgan fingerprint density at radius 3 is 2.38 bits per heavy atom. The molecule has 0 saturated carbocycles. The van der Waals surface area contributed by atoms with Crippen LogP contribution in [0, 0.1) is 0 Å². The van der Waals surface area contributed by atoms with Gasteiger partial charge in [0.15, 0.2) is 0 Å². The number of nitrogens with one attached hydrogen (secondary N) is 1. The van der Waals surface area contributed by atoms with Gasteiger partial charge in [0, 0.05) is 13.1 Å².